The molecule has 29 heavy (non-hydrogen) atoms. The maximum Gasteiger partial charge on any atom is 0.252 e. The van der Waals surface area contributed by atoms with Gasteiger partial charge in [0.25, 0.3) is 5.91 Å². The summed E-state index contributed by atoms with van der Waals surface area (Å²) in [6.45, 7) is 1.94. The number of nitrogens with one attached hydrogen (secondary N) is 1. The first kappa shape index (κ1) is 17.6. The second-order valence-corrected chi connectivity index (χ2v) is 7.35. The molecule has 1 aliphatic carbocycles. The quantitative estimate of drug-likeness (QED) is 0.565. The largest absolute Gasteiger partial charge is 0.349 e. The topological polar surface area (TPSA) is 59.8 Å². The summed E-state index contributed by atoms with van der Waals surface area (Å²) in [4.78, 5) is 17.6. The number of aromatic nitrogens is 3. The summed E-state index contributed by atoms with van der Waals surface area (Å²) in [6.07, 6.45) is 3.80. The van der Waals surface area contributed by atoms with Crippen molar-refractivity contribution in [2.75, 3.05) is 0 Å². The summed E-state index contributed by atoms with van der Waals surface area (Å²) in [7, 11) is 0. The molecule has 0 atom stereocenters. The molecule has 1 amide bonds. The van der Waals surface area contributed by atoms with Crippen LogP contribution in [0.2, 0.25) is 0 Å². The molecule has 144 valence electrons. The Hall–Kier alpha value is -3.54. The number of pyridine rings is 1. The summed E-state index contributed by atoms with van der Waals surface area (Å²) in [5.41, 5.74) is 4.54. The van der Waals surface area contributed by atoms with Crippen molar-refractivity contribution in [3.8, 4) is 16.9 Å². The van der Waals surface area contributed by atoms with Crippen LogP contribution in [-0.2, 0) is 0 Å². The van der Waals surface area contributed by atoms with E-state index in [1.165, 1.54) is 12.1 Å². The molecule has 6 heteroatoms. The molecule has 0 aliphatic heterocycles. The number of carbonyl (C=O) groups excluding carboxylic acids is 1. The zero-order valence-corrected chi connectivity index (χ0v) is 15.9. The number of amides is 1. The zero-order chi connectivity index (χ0) is 20.0. The van der Waals surface area contributed by atoms with Gasteiger partial charge in [-0.25, -0.2) is 14.1 Å². The van der Waals surface area contributed by atoms with Crippen molar-refractivity contribution in [3.63, 3.8) is 0 Å². The maximum absolute atomic E-state index is 13.3. The summed E-state index contributed by atoms with van der Waals surface area (Å²) in [6, 6.07) is 15.9. The number of rotatable bonds is 4. The van der Waals surface area contributed by atoms with Crippen LogP contribution in [0.4, 0.5) is 4.39 Å². The molecule has 0 radical (unpaired) electrons. The third-order valence-electron chi connectivity index (χ3n) is 5.23. The van der Waals surface area contributed by atoms with Gasteiger partial charge in [0.05, 0.1) is 34.4 Å². The molecule has 0 unspecified atom stereocenters. The summed E-state index contributed by atoms with van der Waals surface area (Å²) in [5.74, 6) is -0.364. The number of hydrogen-bond donors (Lipinski definition) is 1. The average Bonchev–Trinajstić information content (AvgIpc) is 3.47. The van der Waals surface area contributed by atoms with Crippen LogP contribution in [0, 0.1) is 12.7 Å². The molecule has 5 rings (SSSR count). The predicted octanol–water partition coefficient (Wildman–Crippen LogP) is 4.43. The number of hydrogen-bond acceptors (Lipinski definition) is 3. The molecular formula is C23H19FN4O. The van der Waals surface area contributed by atoms with E-state index in [0.717, 1.165) is 40.7 Å². The molecule has 1 aliphatic rings. The van der Waals surface area contributed by atoms with Gasteiger partial charge in [0.2, 0.25) is 0 Å². The van der Waals surface area contributed by atoms with Crippen LogP contribution >= 0.6 is 0 Å². The van der Waals surface area contributed by atoms with Crippen LogP contribution < -0.4 is 5.32 Å². The first-order valence-electron chi connectivity index (χ1n) is 9.62. The van der Waals surface area contributed by atoms with Crippen LogP contribution in [0.3, 0.4) is 0 Å². The van der Waals surface area contributed by atoms with Crippen LogP contribution in [-0.4, -0.2) is 26.7 Å². The fraction of sp³-hybridized carbons (Fsp3) is 0.174. The Labute approximate surface area is 167 Å². The van der Waals surface area contributed by atoms with E-state index in [2.05, 4.69) is 10.4 Å². The van der Waals surface area contributed by atoms with E-state index in [4.69, 9.17) is 4.98 Å². The Morgan fingerprint density at radius 1 is 1.14 bits per heavy atom. The average molecular weight is 386 g/mol. The Balaban J connectivity index is 1.62. The van der Waals surface area contributed by atoms with Gasteiger partial charge in [0, 0.05) is 17.0 Å². The van der Waals surface area contributed by atoms with E-state index in [-0.39, 0.29) is 17.8 Å². The van der Waals surface area contributed by atoms with Gasteiger partial charge in [-0.1, -0.05) is 18.2 Å². The second-order valence-electron chi connectivity index (χ2n) is 7.35. The van der Waals surface area contributed by atoms with Crippen molar-refractivity contribution >= 4 is 16.8 Å². The summed E-state index contributed by atoms with van der Waals surface area (Å²) in [5, 5.41) is 8.36. The van der Waals surface area contributed by atoms with Crippen molar-refractivity contribution in [3.05, 3.63) is 77.9 Å². The van der Waals surface area contributed by atoms with E-state index in [1.807, 2.05) is 37.3 Å². The Bertz CT molecular complexity index is 1230. The van der Waals surface area contributed by atoms with Gasteiger partial charge in [-0.3, -0.25) is 4.79 Å². The van der Waals surface area contributed by atoms with Crippen molar-refractivity contribution in [2.24, 2.45) is 0 Å². The van der Waals surface area contributed by atoms with E-state index >= 15 is 0 Å². The van der Waals surface area contributed by atoms with Crippen molar-refractivity contribution in [2.45, 2.75) is 25.8 Å². The lowest BCUT2D eigenvalue weighted by atomic mass is 10.0. The highest BCUT2D eigenvalue weighted by molar-refractivity contribution is 6.07. The molecule has 2 heterocycles. The molecule has 0 bridgehead atoms. The SMILES string of the molecule is Cc1c(-c2cc(C(=O)NC3CC3)c3ccccc3n2)cnn1-c1ccc(F)cc1. The van der Waals surface area contributed by atoms with E-state index in [1.54, 1.807) is 23.0 Å². The van der Waals surface area contributed by atoms with Crippen molar-refractivity contribution in [1.82, 2.24) is 20.1 Å². The Morgan fingerprint density at radius 3 is 2.66 bits per heavy atom. The lowest BCUT2D eigenvalue weighted by molar-refractivity contribution is 0.0952. The lowest BCUT2D eigenvalue weighted by Crippen LogP contribution is -2.25. The minimum absolute atomic E-state index is 0.0732. The zero-order valence-electron chi connectivity index (χ0n) is 15.9. The molecule has 0 spiro atoms. The molecule has 1 saturated carbocycles. The van der Waals surface area contributed by atoms with Gasteiger partial charge >= 0.3 is 0 Å². The highest BCUT2D eigenvalue weighted by Crippen LogP contribution is 2.29. The highest BCUT2D eigenvalue weighted by Gasteiger charge is 2.25. The lowest BCUT2D eigenvalue weighted by Gasteiger charge is -2.10. The minimum atomic E-state index is -0.290. The van der Waals surface area contributed by atoms with E-state index < -0.39 is 0 Å². The number of carbonyl (C=O) groups is 1. The van der Waals surface area contributed by atoms with Crippen molar-refractivity contribution < 1.29 is 9.18 Å². The van der Waals surface area contributed by atoms with Crippen LogP contribution in [0.1, 0.15) is 28.9 Å². The number of benzene rings is 2. The monoisotopic (exact) mass is 386 g/mol. The van der Waals surface area contributed by atoms with Crippen LogP contribution in [0.5, 0.6) is 0 Å². The number of nitrogens with zero attached hydrogens (tertiary/aromatic N) is 3. The number of para-hydroxylation sites is 1. The maximum atomic E-state index is 13.3. The third kappa shape index (κ3) is 3.27. The molecular weight excluding hydrogens is 367 g/mol. The standard InChI is InChI=1S/C23H19FN4O/c1-14-20(13-25-28(14)17-10-6-15(24)7-11-17)22-12-19(23(29)26-16-8-9-16)18-4-2-3-5-21(18)27-22/h2-7,10-13,16H,8-9H2,1H3,(H,26,29). The van der Waals surface area contributed by atoms with Crippen LogP contribution in [0.25, 0.3) is 27.8 Å². The van der Waals surface area contributed by atoms with Crippen LogP contribution in [0.15, 0.2) is 60.8 Å². The molecule has 1 fully saturated rings. The first-order chi connectivity index (χ1) is 14.1. The van der Waals surface area contributed by atoms with E-state index in [9.17, 15) is 9.18 Å². The van der Waals surface area contributed by atoms with Gasteiger partial charge < -0.3 is 5.32 Å². The normalized spacial score (nSPS) is 13.6. The fourth-order valence-corrected chi connectivity index (χ4v) is 3.50. The fourth-order valence-electron chi connectivity index (χ4n) is 3.50. The second kappa shape index (κ2) is 6.81. The summed E-state index contributed by atoms with van der Waals surface area (Å²) >= 11 is 0. The molecule has 4 aromatic rings. The van der Waals surface area contributed by atoms with Crippen molar-refractivity contribution in [1.29, 1.82) is 0 Å². The van der Waals surface area contributed by atoms with Gasteiger partial charge in [-0.05, 0) is 56.2 Å². The smallest absolute Gasteiger partial charge is 0.252 e. The molecule has 1 N–H and O–H groups in total. The predicted molar refractivity (Wildman–Crippen MR) is 109 cm³/mol. The number of fused-ring (bicyclic) bond motifs is 1. The van der Waals surface area contributed by atoms with Gasteiger partial charge in [-0.2, -0.15) is 5.10 Å². The Kier molecular flexibility index (Phi) is 4.12. The molecule has 2 aromatic heterocycles. The van der Waals surface area contributed by atoms with E-state index in [0.29, 0.717) is 11.3 Å². The molecule has 5 nitrogen and oxygen atoms in total. The van der Waals surface area contributed by atoms with Gasteiger partial charge in [0.1, 0.15) is 5.82 Å². The summed E-state index contributed by atoms with van der Waals surface area (Å²) < 4.78 is 15.0. The molecule has 2 aromatic carbocycles. The minimum Gasteiger partial charge on any atom is -0.349 e. The number of halogens is 1. The first-order valence-corrected chi connectivity index (χ1v) is 9.62. The Morgan fingerprint density at radius 2 is 1.90 bits per heavy atom. The highest BCUT2D eigenvalue weighted by atomic mass is 19.1. The van der Waals surface area contributed by atoms with Gasteiger partial charge in [-0.15, -0.1) is 0 Å². The van der Waals surface area contributed by atoms with Gasteiger partial charge in [0.15, 0.2) is 0 Å². The third-order valence-corrected chi connectivity index (χ3v) is 5.23. The molecule has 0 saturated heterocycles.